The maximum absolute atomic E-state index is 12.2. The van der Waals surface area contributed by atoms with E-state index in [1.807, 2.05) is 55.9 Å². The molecule has 4 heteroatoms. The van der Waals surface area contributed by atoms with E-state index in [-0.39, 0.29) is 11.7 Å². The van der Waals surface area contributed by atoms with Crippen LogP contribution in [0.2, 0.25) is 0 Å². The summed E-state index contributed by atoms with van der Waals surface area (Å²) >= 11 is 0. The van der Waals surface area contributed by atoms with Crippen LogP contribution in [-0.2, 0) is 27.8 Å². The van der Waals surface area contributed by atoms with E-state index in [4.69, 9.17) is 4.74 Å². The molecule has 112 valence electrons. The SMILES string of the molecule is CC(=O)OC(Cc1cn(C)c2ccccc12)C(=O)C(C)C. The molecular weight excluding hydrogens is 266 g/mol. The fourth-order valence-electron chi connectivity index (χ4n) is 2.56. The second-order valence-corrected chi connectivity index (χ2v) is 5.64. The highest BCUT2D eigenvalue weighted by atomic mass is 16.5. The van der Waals surface area contributed by atoms with Gasteiger partial charge in [0.15, 0.2) is 11.9 Å². The highest BCUT2D eigenvalue weighted by Gasteiger charge is 2.25. The largest absolute Gasteiger partial charge is 0.454 e. The number of Topliss-reactive ketones (excluding diaryl/α,β-unsaturated/α-hetero) is 1. The van der Waals surface area contributed by atoms with Crippen molar-refractivity contribution in [1.29, 1.82) is 0 Å². The van der Waals surface area contributed by atoms with Gasteiger partial charge < -0.3 is 9.30 Å². The second kappa shape index (κ2) is 6.12. The highest BCUT2D eigenvalue weighted by molar-refractivity contribution is 5.89. The molecule has 1 aromatic heterocycles. The fraction of sp³-hybridized carbons (Fsp3) is 0.412. The molecule has 2 rings (SSSR count). The molecule has 1 heterocycles. The molecule has 0 bridgehead atoms. The minimum absolute atomic E-state index is 0.0434. The van der Waals surface area contributed by atoms with Crippen molar-refractivity contribution in [3.05, 3.63) is 36.0 Å². The van der Waals surface area contributed by atoms with Crippen LogP contribution in [0.25, 0.3) is 10.9 Å². The third kappa shape index (κ3) is 3.32. The number of para-hydroxylation sites is 1. The highest BCUT2D eigenvalue weighted by Crippen LogP contribution is 2.23. The molecule has 21 heavy (non-hydrogen) atoms. The molecule has 0 N–H and O–H groups in total. The van der Waals surface area contributed by atoms with Crippen molar-refractivity contribution in [2.24, 2.45) is 13.0 Å². The maximum atomic E-state index is 12.2. The monoisotopic (exact) mass is 287 g/mol. The second-order valence-electron chi connectivity index (χ2n) is 5.64. The van der Waals surface area contributed by atoms with Crippen LogP contribution >= 0.6 is 0 Å². The Hall–Kier alpha value is -2.10. The molecule has 2 aromatic rings. The van der Waals surface area contributed by atoms with Gasteiger partial charge >= 0.3 is 5.97 Å². The first-order valence-electron chi connectivity index (χ1n) is 7.14. The lowest BCUT2D eigenvalue weighted by Crippen LogP contribution is -2.31. The lowest BCUT2D eigenvalue weighted by atomic mass is 9.97. The zero-order valence-electron chi connectivity index (χ0n) is 12.9. The molecule has 1 atom stereocenters. The van der Waals surface area contributed by atoms with Crippen molar-refractivity contribution < 1.29 is 14.3 Å². The number of ether oxygens (including phenoxy) is 1. The van der Waals surface area contributed by atoms with Gasteiger partial charge in [0.25, 0.3) is 0 Å². The molecule has 0 aliphatic carbocycles. The molecule has 1 aromatic carbocycles. The van der Waals surface area contributed by atoms with Gasteiger partial charge in [0, 0.05) is 43.4 Å². The number of benzene rings is 1. The van der Waals surface area contributed by atoms with Gasteiger partial charge in [-0.2, -0.15) is 0 Å². The van der Waals surface area contributed by atoms with Crippen molar-refractivity contribution in [3.63, 3.8) is 0 Å². The number of aromatic nitrogens is 1. The van der Waals surface area contributed by atoms with Crippen LogP contribution in [0, 0.1) is 5.92 Å². The average molecular weight is 287 g/mol. The van der Waals surface area contributed by atoms with Gasteiger partial charge in [-0.25, -0.2) is 0 Å². The maximum Gasteiger partial charge on any atom is 0.303 e. The van der Waals surface area contributed by atoms with E-state index in [1.54, 1.807) is 0 Å². The summed E-state index contributed by atoms with van der Waals surface area (Å²) < 4.78 is 7.26. The van der Waals surface area contributed by atoms with Crippen LogP contribution in [0.1, 0.15) is 26.3 Å². The van der Waals surface area contributed by atoms with Crippen molar-refractivity contribution >= 4 is 22.7 Å². The lowest BCUT2D eigenvalue weighted by molar-refractivity contribution is -0.154. The quantitative estimate of drug-likeness (QED) is 0.794. The number of carbonyl (C=O) groups excluding carboxylic acids is 2. The summed E-state index contributed by atoms with van der Waals surface area (Å²) in [5.74, 6) is -0.628. The average Bonchev–Trinajstić information content (AvgIpc) is 2.74. The number of hydrogen-bond acceptors (Lipinski definition) is 3. The Morgan fingerprint density at radius 2 is 1.90 bits per heavy atom. The molecule has 0 spiro atoms. The fourth-order valence-corrected chi connectivity index (χ4v) is 2.56. The van der Waals surface area contributed by atoms with E-state index < -0.39 is 12.1 Å². The zero-order valence-corrected chi connectivity index (χ0v) is 12.9. The Bertz CT molecular complexity index is 670. The molecule has 0 aliphatic rings. The van der Waals surface area contributed by atoms with Gasteiger partial charge in [-0.05, 0) is 11.6 Å². The van der Waals surface area contributed by atoms with E-state index >= 15 is 0 Å². The predicted octanol–water partition coefficient (Wildman–Crippen LogP) is 2.88. The summed E-state index contributed by atoms with van der Waals surface area (Å²) in [7, 11) is 1.97. The van der Waals surface area contributed by atoms with Gasteiger partial charge in [-0.15, -0.1) is 0 Å². The first-order chi connectivity index (χ1) is 9.90. The Morgan fingerprint density at radius 3 is 2.52 bits per heavy atom. The lowest BCUT2D eigenvalue weighted by Gasteiger charge is -2.17. The van der Waals surface area contributed by atoms with E-state index in [2.05, 4.69) is 0 Å². The Kier molecular flexibility index (Phi) is 4.46. The number of esters is 1. The standard InChI is InChI=1S/C17H21NO3/c1-11(2)17(20)16(21-12(3)19)9-13-10-18(4)15-8-6-5-7-14(13)15/h5-8,10-11,16H,9H2,1-4H3. The summed E-state index contributed by atoms with van der Waals surface area (Å²) in [4.78, 5) is 23.5. The number of rotatable bonds is 5. The smallest absolute Gasteiger partial charge is 0.303 e. The normalized spacial score (nSPS) is 12.6. The number of ketones is 1. The number of fused-ring (bicyclic) bond motifs is 1. The van der Waals surface area contributed by atoms with Crippen molar-refractivity contribution in [2.75, 3.05) is 0 Å². The number of carbonyl (C=O) groups is 2. The first-order valence-corrected chi connectivity index (χ1v) is 7.14. The molecule has 1 unspecified atom stereocenters. The Balaban J connectivity index is 2.34. The zero-order chi connectivity index (χ0) is 15.6. The van der Waals surface area contributed by atoms with Crippen molar-refractivity contribution in [1.82, 2.24) is 4.57 Å². The van der Waals surface area contributed by atoms with Gasteiger partial charge in [-0.3, -0.25) is 9.59 Å². The number of aryl methyl sites for hydroxylation is 1. The molecule has 4 nitrogen and oxygen atoms in total. The third-order valence-corrected chi connectivity index (χ3v) is 3.58. The third-order valence-electron chi connectivity index (χ3n) is 3.58. The van der Waals surface area contributed by atoms with Gasteiger partial charge in [-0.1, -0.05) is 32.0 Å². The summed E-state index contributed by atoms with van der Waals surface area (Å²) in [6.45, 7) is 4.98. The van der Waals surface area contributed by atoms with Crippen LogP contribution in [0.3, 0.4) is 0 Å². The van der Waals surface area contributed by atoms with Gasteiger partial charge in [0.2, 0.25) is 0 Å². The minimum atomic E-state index is -0.715. The molecule has 0 radical (unpaired) electrons. The van der Waals surface area contributed by atoms with Crippen LogP contribution < -0.4 is 0 Å². The van der Waals surface area contributed by atoms with Gasteiger partial charge in [0.1, 0.15) is 0 Å². The van der Waals surface area contributed by atoms with Crippen molar-refractivity contribution in [2.45, 2.75) is 33.3 Å². The summed E-state index contributed by atoms with van der Waals surface area (Å²) in [6, 6.07) is 8.01. The van der Waals surface area contributed by atoms with Crippen LogP contribution in [-0.4, -0.2) is 22.4 Å². The van der Waals surface area contributed by atoms with Crippen molar-refractivity contribution in [3.8, 4) is 0 Å². The van der Waals surface area contributed by atoms with E-state index in [0.29, 0.717) is 6.42 Å². The van der Waals surface area contributed by atoms with E-state index in [9.17, 15) is 9.59 Å². The van der Waals surface area contributed by atoms with Crippen LogP contribution in [0.5, 0.6) is 0 Å². The minimum Gasteiger partial charge on any atom is -0.454 e. The summed E-state index contributed by atoms with van der Waals surface area (Å²) in [6.07, 6.45) is 1.69. The first kappa shape index (κ1) is 15.3. The molecular formula is C17H21NO3. The number of hydrogen-bond donors (Lipinski definition) is 0. The van der Waals surface area contributed by atoms with Gasteiger partial charge in [0.05, 0.1) is 0 Å². The topological polar surface area (TPSA) is 48.3 Å². The molecule has 0 amide bonds. The molecule has 0 saturated carbocycles. The predicted molar refractivity (Wildman–Crippen MR) is 82.0 cm³/mol. The van der Waals surface area contributed by atoms with Crippen LogP contribution in [0.4, 0.5) is 0 Å². The summed E-state index contributed by atoms with van der Waals surface area (Å²) in [5, 5.41) is 1.09. The Labute approximate surface area is 124 Å². The Morgan fingerprint density at radius 1 is 1.24 bits per heavy atom. The van der Waals surface area contributed by atoms with E-state index in [1.165, 1.54) is 6.92 Å². The summed E-state index contributed by atoms with van der Waals surface area (Å²) in [5.41, 5.74) is 2.12. The van der Waals surface area contributed by atoms with Crippen LogP contribution in [0.15, 0.2) is 30.5 Å². The van der Waals surface area contributed by atoms with E-state index in [0.717, 1.165) is 16.5 Å². The molecule has 0 fully saturated rings. The molecule has 0 saturated heterocycles. The number of nitrogens with zero attached hydrogens (tertiary/aromatic N) is 1. The molecule has 0 aliphatic heterocycles.